The summed E-state index contributed by atoms with van der Waals surface area (Å²) in [6.07, 6.45) is 0. The highest BCUT2D eigenvalue weighted by Gasteiger charge is 2.36. The zero-order valence-corrected chi connectivity index (χ0v) is 59.4. The lowest BCUT2D eigenvalue weighted by molar-refractivity contribution is 0.227. The molecule has 1 N–H and O–H groups in total. The molecule has 0 spiro atoms. The van der Waals surface area contributed by atoms with Crippen molar-refractivity contribution in [3.63, 3.8) is 0 Å². The second-order valence-corrected chi connectivity index (χ2v) is 36.7. The molecular weight excluding hydrogens is 1340 g/mol. The first-order chi connectivity index (χ1) is 44.2. The summed E-state index contributed by atoms with van der Waals surface area (Å²) in [5.41, 5.74) is 5.14. The van der Waals surface area contributed by atoms with Crippen LogP contribution in [0, 0.1) is 48.5 Å². The summed E-state index contributed by atoms with van der Waals surface area (Å²) in [7, 11) is -31.9. The van der Waals surface area contributed by atoms with Crippen LogP contribution < -0.4 is 4.72 Å². The predicted octanol–water partition coefficient (Wildman–Crippen LogP) is 6.58. The van der Waals surface area contributed by atoms with Crippen LogP contribution in [0.25, 0.3) is 0 Å². The Labute approximate surface area is 556 Å². The minimum absolute atomic E-state index is 0.0345. The first-order valence-electron chi connectivity index (χ1n) is 30.4. The summed E-state index contributed by atoms with van der Waals surface area (Å²) in [6.45, 7) is 4.76. The molecule has 1 fully saturated rings. The fraction of sp³-hybridized carbons (Fsp3) is 0.354. The van der Waals surface area contributed by atoms with Crippen LogP contribution in [0.1, 0.15) is 38.9 Å². The van der Waals surface area contributed by atoms with Gasteiger partial charge in [-0.25, -0.2) is 63.6 Å². The van der Waals surface area contributed by atoms with Gasteiger partial charge in [0.05, 0.1) is 34.3 Å². The van der Waals surface area contributed by atoms with Crippen LogP contribution in [0.3, 0.4) is 0 Å². The van der Waals surface area contributed by atoms with Gasteiger partial charge in [-0.05, 0) is 133 Å². The van der Waals surface area contributed by atoms with E-state index in [-0.39, 0.29) is 60.4 Å². The topological polar surface area (TPSA) is 274 Å². The van der Waals surface area contributed by atoms with Crippen molar-refractivity contribution in [2.75, 3.05) is 105 Å². The molecule has 0 amide bonds. The number of nitrogens with one attached hydrogen (secondary N) is 1. The third-order valence-electron chi connectivity index (χ3n) is 16.3. The zero-order valence-electron chi connectivity index (χ0n) is 53.7. The Hall–Kier alpha value is -6.13. The highest BCUT2D eigenvalue weighted by atomic mass is 32.2. The Morgan fingerprint density at radius 2 is 0.383 bits per heavy atom. The molecule has 508 valence electrons. The normalized spacial score (nSPS) is 17.1. The predicted molar refractivity (Wildman–Crippen MR) is 362 cm³/mol. The quantitative estimate of drug-likeness (QED) is 0.101. The molecule has 7 aromatic rings. The van der Waals surface area contributed by atoms with Gasteiger partial charge in [0.15, 0.2) is 0 Å². The Morgan fingerprint density at radius 1 is 0.234 bits per heavy atom. The van der Waals surface area contributed by atoms with Crippen molar-refractivity contribution in [2.24, 2.45) is 0 Å². The first-order valence-corrected chi connectivity index (χ1v) is 40.5. The SMILES string of the molecule is Cc1ccc(S(=O)(=O)NCCN2CCN(S(=O)(=O)c3ccc(C)cc3)CCN(S(=O)(=O)c3ccc(C)cc3)CCN(S(=O)(=O)c3ccc(C)cc3)CCN(S(=O)(=O)c3ccc(C)cc3)CCN(S(=O)(=O)c3ccc(C)cc3)CCN(S(=O)(=O)c3ccc(C)cc3)CC2)cc1. The average molecular weight is 1420 g/mol. The fourth-order valence-electron chi connectivity index (χ4n) is 10.4. The van der Waals surface area contributed by atoms with Gasteiger partial charge in [-0.2, -0.15) is 25.8 Å². The van der Waals surface area contributed by atoms with Gasteiger partial charge in [0, 0.05) is 105 Å². The van der Waals surface area contributed by atoms with E-state index in [1.54, 1.807) is 138 Å². The summed E-state index contributed by atoms with van der Waals surface area (Å²) in [6, 6.07) is 41.6. The van der Waals surface area contributed by atoms with E-state index < -0.39 is 149 Å². The van der Waals surface area contributed by atoms with Crippen molar-refractivity contribution in [2.45, 2.75) is 82.7 Å². The summed E-state index contributed by atoms with van der Waals surface area (Å²) in [5.74, 6) is 0. The lowest BCUT2D eigenvalue weighted by Crippen LogP contribution is -2.48. The van der Waals surface area contributed by atoms with Crippen molar-refractivity contribution in [1.29, 1.82) is 0 Å². The number of benzene rings is 7. The molecule has 1 aliphatic rings. The smallest absolute Gasteiger partial charge is 0.243 e. The molecule has 94 heavy (non-hydrogen) atoms. The first kappa shape index (κ1) is 73.7. The molecule has 22 nitrogen and oxygen atoms in total. The van der Waals surface area contributed by atoms with Gasteiger partial charge in [-0.1, -0.05) is 124 Å². The molecule has 0 radical (unpaired) electrons. The Morgan fingerprint density at radius 3 is 0.553 bits per heavy atom. The maximum atomic E-state index is 15.2. The lowest BCUT2D eigenvalue weighted by Gasteiger charge is -2.32. The number of sulfonamides is 7. The summed E-state index contributed by atoms with van der Waals surface area (Å²) < 4.78 is 218. The maximum absolute atomic E-state index is 15.2. The second-order valence-electron chi connectivity index (χ2n) is 23.4. The molecule has 0 aliphatic carbocycles. The van der Waals surface area contributed by atoms with Gasteiger partial charge in [-0.15, -0.1) is 0 Å². The molecule has 0 atom stereocenters. The minimum atomic E-state index is -4.67. The maximum Gasteiger partial charge on any atom is 0.243 e. The third kappa shape index (κ3) is 18.3. The van der Waals surface area contributed by atoms with Gasteiger partial charge in [0.1, 0.15) is 0 Å². The van der Waals surface area contributed by atoms with E-state index in [0.29, 0.717) is 11.1 Å². The third-order valence-corrected chi connectivity index (χ3v) is 29.3. The highest BCUT2D eigenvalue weighted by Crippen LogP contribution is 2.26. The molecule has 7 aromatic carbocycles. The number of rotatable bonds is 17. The van der Waals surface area contributed by atoms with Crippen molar-refractivity contribution in [1.82, 2.24) is 35.5 Å². The highest BCUT2D eigenvalue weighted by molar-refractivity contribution is 7.91. The van der Waals surface area contributed by atoms with Gasteiger partial charge in [0.2, 0.25) is 70.2 Å². The molecule has 0 unspecified atom stereocenters. The molecular formula is C65H82N8O14S7. The molecule has 0 saturated carbocycles. The minimum Gasteiger partial charge on any atom is -0.299 e. The Kier molecular flexibility index (Phi) is 24.3. The average Bonchev–Trinajstić information content (AvgIpc) is 0.867. The van der Waals surface area contributed by atoms with E-state index in [9.17, 15) is 8.42 Å². The van der Waals surface area contributed by atoms with Crippen molar-refractivity contribution in [3.8, 4) is 0 Å². The Balaban J connectivity index is 1.31. The molecule has 1 heterocycles. The van der Waals surface area contributed by atoms with Gasteiger partial charge in [0.25, 0.3) is 0 Å². The summed E-state index contributed by atoms with van der Waals surface area (Å²) in [4.78, 5) is 0.459. The van der Waals surface area contributed by atoms with Crippen molar-refractivity contribution >= 4 is 70.2 Å². The number of nitrogens with zero attached hydrogens (tertiary/aromatic N) is 7. The van der Waals surface area contributed by atoms with Crippen LogP contribution in [-0.4, -0.2) is 194 Å². The molecule has 1 aliphatic heterocycles. The number of hydrogen-bond acceptors (Lipinski definition) is 15. The largest absolute Gasteiger partial charge is 0.299 e. The molecule has 1 saturated heterocycles. The van der Waals surface area contributed by atoms with Crippen LogP contribution >= 0.6 is 0 Å². The van der Waals surface area contributed by atoms with Gasteiger partial charge < -0.3 is 0 Å². The van der Waals surface area contributed by atoms with Crippen LogP contribution in [0.5, 0.6) is 0 Å². The van der Waals surface area contributed by atoms with Gasteiger partial charge in [-0.3, -0.25) is 4.90 Å². The fourth-order valence-corrected chi connectivity index (χ4v) is 19.9. The monoisotopic (exact) mass is 1420 g/mol. The van der Waals surface area contributed by atoms with Crippen molar-refractivity contribution in [3.05, 3.63) is 209 Å². The second kappa shape index (κ2) is 30.9. The molecule has 8 rings (SSSR count). The summed E-state index contributed by atoms with van der Waals surface area (Å²) in [5, 5.41) is 0. The standard InChI is InChI=1S/C65H82N8O14S7/c1-52-8-22-59(23-9-52)88(74,75)66-36-37-67-38-40-68(89(76,77)60-24-10-53(2)11-25-60)42-44-70(91(80,81)62-28-14-55(4)15-29-62)46-48-72(93(84,85)64-32-18-57(6)19-33-64)50-51-73(94(86,87)65-34-20-58(7)21-35-65)49-47-71(92(82,83)63-30-16-56(5)17-31-63)45-43-69(41-39-67)90(78,79)61-26-12-54(3)13-27-61/h8-35,66H,36-51H2,1-7H3. The number of aryl methyl sites for hydroxylation is 7. The molecule has 0 aromatic heterocycles. The van der Waals surface area contributed by atoms with E-state index in [1.807, 2.05) is 0 Å². The van der Waals surface area contributed by atoms with Crippen LogP contribution in [0.15, 0.2) is 204 Å². The van der Waals surface area contributed by atoms with E-state index in [2.05, 4.69) is 4.72 Å². The van der Waals surface area contributed by atoms with E-state index in [4.69, 9.17) is 0 Å². The van der Waals surface area contributed by atoms with E-state index >= 15 is 50.5 Å². The van der Waals surface area contributed by atoms with E-state index in [0.717, 1.165) is 53.6 Å². The number of hydrogen-bond donors (Lipinski definition) is 1. The van der Waals surface area contributed by atoms with E-state index in [1.165, 1.54) is 84.9 Å². The van der Waals surface area contributed by atoms with Crippen LogP contribution in [0.2, 0.25) is 0 Å². The molecule has 29 heteroatoms. The van der Waals surface area contributed by atoms with Crippen molar-refractivity contribution < 1.29 is 58.9 Å². The van der Waals surface area contributed by atoms with Crippen LogP contribution in [0.4, 0.5) is 0 Å². The zero-order chi connectivity index (χ0) is 68.4. The Bertz CT molecular complexity index is 4300. The van der Waals surface area contributed by atoms with Gasteiger partial charge >= 0.3 is 0 Å². The van der Waals surface area contributed by atoms with Crippen LogP contribution in [-0.2, 0) is 70.2 Å². The molecule has 0 bridgehead atoms. The lowest BCUT2D eigenvalue weighted by atomic mass is 10.2. The summed E-state index contributed by atoms with van der Waals surface area (Å²) >= 11 is 0.